The maximum absolute atomic E-state index is 13.2. The first-order valence-electron chi connectivity index (χ1n) is 8.68. The topological polar surface area (TPSA) is 68.5 Å². The molecule has 0 bridgehead atoms. The Kier molecular flexibility index (Phi) is 3.43. The van der Waals surface area contributed by atoms with Crippen LogP contribution in [0.4, 0.5) is 5.69 Å². The van der Waals surface area contributed by atoms with Crippen molar-refractivity contribution in [2.45, 2.75) is 12.8 Å². The number of amides is 1. The third kappa shape index (κ3) is 2.62. The number of ether oxygens (including phenoxy) is 1. The molecule has 0 fully saturated rings. The number of aryl methyl sites for hydroxylation is 1. The molecule has 27 heavy (non-hydrogen) atoms. The average Bonchev–Trinajstić information content (AvgIpc) is 3.05. The summed E-state index contributed by atoms with van der Waals surface area (Å²) in [5.74, 6) is 0.810. The molecule has 132 valence electrons. The van der Waals surface area contributed by atoms with Crippen molar-refractivity contribution < 1.29 is 9.53 Å². The molecule has 3 heterocycles. The minimum Gasteiger partial charge on any atom is -0.457 e. The predicted molar refractivity (Wildman–Crippen MR) is 101 cm³/mol. The van der Waals surface area contributed by atoms with E-state index < -0.39 is 5.92 Å². The van der Waals surface area contributed by atoms with Gasteiger partial charge in [0.15, 0.2) is 5.65 Å². The summed E-state index contributed by atoms with van der Waals surface area (Å²) in [6.45, 7) is 1.91. The predicted octanol–water partition coefficient (Wildman–Crippen LogP) is 3.91. The number of fused-ring (bicyclic) bond motifs is 3. The Bertz CT molecular complexity index is 1140. The number of carbonyl (C=O) groups excluding carboxylic acids is 1. The molecule has 4 aromatic rings. The molecule has 6 nitrogen and oxygen atoms in total. The number of para-hydroxylation sites is 2. The average molecular weight is 356 g/mol. The lowest BCUT2D eigenvalue weighted by molar-refractivity contribution is -0.116. The van der Waals surface area contributed by atoms with E-state index in [4.69, 9.17) is 4.74 Å². The maximum Gasteiger partial charge on any atom is 0.236 e. The molecule has 2 aromatic carbocycles. The molecule has 0 saturated heterocycles. The monoisotopic (exact) mass is 356 g/mol. The van der Waals surface area contributed by atoms with Gasteiger partial charge in [0.2, 0.25) is 5.91 Å². The van der Waals surface area contributed by atoms with Crippen LogP contribution in [-0.4, -0.2) is 20.5 Å². The second-order valence-electron chi connectivity index (χ2n) is 6.53. The maximum atomic E-state index is 13.2. The van der Waals surface area contributed by atoms with Crippen LogP contribution in [0.1, 0.15) is 22.7 Å². The largest absolute Gasteiger partial charge is 0.457 e. The van der Waals surface area contributed by atoms with E-state index in [2.05, 4.69) is 15.4 Å². The lowest BCUT2D eigenvalue weighted by Gasteiger charge is -2.27. The number of anilines is 1. The van der Waals surface area contributed by atoms with Crippen LogP contribution < -0.4 is 10.1 Å². The van der Waals surface area contributed by atoms with Gasteiger partial charge in [0, 0.05) is 17.2 Å². The van der Waals surface area contributed by atoms with E-state index in [1.807, 2.05) is 61.5 Å². The van der Waals surface area contributed by atoms with Gasteiger partial charge < -0.3 is 10.1 Å². The second kappa shape index (κ2) is 5.95. The number of benzene rings is 2. The van der Waals surface area contributed by atoms with Crippen molar-refractivity contribution >= 4 is 17.2 Å². The standard InChI is InChI=1S/C21H16N4O2/c1-13-10-19-22-11-14(12-25(19)24-13)23-21(26)20-15-6-2-4-8-17(15)27-18-9-5-3-7-16(18)20/h2-12,20H,1H3,(H,23,26). The lowest BCUT2D eigenvalue weighted by Crippen LogP contribution is -2.25. The minimum atomic E-state index is -0.457. The number of carbonyl (C=O) groups is 1. The quantitative estimate of drug-likeness (QED) is 0.591. The molecular weight excluding hydrogens is 340 g/mol. The first-order valence-corrected chi connectivity index (χ1v) is 8.68. The van der Waals surface area contributed by atoms with Gasteiger partial charge in [-0.3, -0.25) is 4.79 Å². The van der Waals surface area contributed by atoms with E-state index in [1.54, 1.807) is 16.9 Å². The molecule has 0 aliphatic carbocycles. The molecule has 5 rings (SSSR count). The van der Waals surface area contributed by atoms with Crippen LogP contribution in [0.2, 0.25) is 0 Å². The molecule has 0 radical (unpaired) electrons. The van der Waals surface area contributed by atoms with Gasteiger partial charge in [0.1, 0.15) is 11.5 Å². The third-order valence-corrected chi connectivity index (χ3v) is 4.65. The van der Waals surface area contributed by atoms with E-state index in [9.17, 15) is 4.79 Å². The summed E-state index contributed by atoms with van der Waals surface area (Å²) in [7, 11) is 0. The van der Waals surface area contributed by atoms with Gasteiger partial charge in [-0.2, -0.15) is 5.10 Å². The van der Waals surface area contributed by atoms with Crippen LogP contribution in [0.25, 0.3) is 5.65 Å². The van der Waals surface area contributed by atoms with Gasteiger partial charge in [-0.05, 0) is 19.1 Å². The third-order valence-electron chi connectivity index (χ3n) is 4.65. The van der Waals surface area contributed by atoms with Gasteiger partial charge in [0.05, 0.1) is 29.7 Å². The molecule has 0 spiro atoms. The molecule has 0 atom stereocenters. The first-order chi connectivity index (χ1) is 13.2. The number of aromatic nitrogens is 3. The van der Waals surface area contributed by atoms with E-state index >= 15 is 0 Å². The fourth-order valence-electron chi connectivity index (χ4n) is 3.47. The molecule has 6 heteroatoms. The summed E-state index contributed by atoms with van der Waals surface area (Å²) in [4.78, 5) is 17.6. The van der Waals surface area contributed by atoms with Crippen molar-refractivity contribution in [3.63, 3.8) is 0 Å². The smallest absolute Gasteiger partial charge is 0.236 e. The van der Waals surface area contributed by atoms with E-state index in [0.29, 0.717) is 17.2 Å². The first kappa shape index (κ1) is 15.6. The Morgan fingerprint density at radius 2 is 1.74 bits per heavy atom. The van der Waals surface area contributed by atoms with E-state index in [-0.39, 0.29) is 5.91 Å². The Hall–Kier alpha value is -3.67. The number of rotatable bonds is 2. The summed E-state index contributed by atoms with van der Waals surface area (Å²) >= 11 is 0. The van der Waals surface area contributed by atoms with Crippen molar-refractivity contribution in [2.75, 3.05) is 5.32 Å². The molecule has 1 aliphatic rings. The summed E-state index contributed by atoms with van der Waals surface area (Å²) in [6, 6.07) is 17.1. The summed E-state index contributed by atoms with van der Waals surface area (Å²) in [6.07, 6.45) is 3.41. The SMILES string of the molecule is Cc1cc2ncc(NC(=O)C3c4ccccc4Oc4ccccc43)cn2n1. The Labute approximate surface area is 155 Å². The van der Waals surface area contributed by atoms with Crippen LogP contribution in [0.15, 0.2) is 67.0 Å². The van der Waals surface area contributed by atoms with Gasteiger partial charge in [-0.1, -0.05) is 36.4 Å². The van der Waals surface area contributed by atoms with Crippen LogP contribution in [0.3, 0.4) is 0 Å². The highest BCUT2D eigenvalue weighted by Gasteiger charge is 2.32. The lowest BCUT2D eigenvalue weighted by atomic mass is 9.87. The van der Waals surface area contributed by atoms with Crippen molar-refractivity contribution in [3.05, 3.63) is 83.8 Å². The zero-order valence-corrected chi connectivity index (χ0v) is 14.6. The van der Waals surface area contributed by atoms with Crippen molar-refractivity contribution in [1.29, 1.82) is 0 Å². The highest BCUT2D eigenvalue weighted by Crippen LogP contribution is 2.44. The molecule has 0 unspecified atom stereocenters. The van der Waals surface area contributed by atoms with Crippen LogP contribution in [0.5, 0.6) is 11.5 Å². The van der Waals surface area contributed by atoms with Gasteiger partial charge >= 0.3 is 0 Å². The number of nitrogens with zero attached hydrogens (tertiary/aromatic N) is 3. The highest BCUT2D eigenvalue weighted by molar-refractivity contribution is 5.99. The van der Waals surface area contributed by atoms with Gasteiger partial charge in [0.25, 0.3) is 0 Å². The zero-order chi connectivity index (χ0) is 18.4. The summed E-state index contributed by atoms with van der Waals surface area (Å²) in [5, 5.41) is 7.33. The Morgan fingerprint density at radius 1 is 1.07 bits per heavy atom. The Morgan fingerprint density at radius 3 is 2.44 bits per heavy atom. The highest BCUT2D eigenvalue weighted by atomic mass is 16.5. The fourth-order valence-corrected chi connectivity index (χ4v) is 3.47. The van der Waals surface area contributed by atoms with Gasteiger partial charge in [-0.25, -0.2) is 9.50 Å². The Balaban J connectivity index is 1.54. The zero-order valence-electron chi connectivity index (χ0n) is 14.6. The number of nitrogens with one attached hydrogen (secondary N) is 1. The van der Waals surface area contributed by atoms with Crippen LogP contribution in [-0.2, 0) is 4.79 Å². The summed E-state index contributed by atoms with van der Waals surface area (Å²) in [5.41, 5.74) is 3.90. The second-order valence-corrected chi connectivity index (χ2v) is 6.53. The fraction of sp³-hybridized carbons (Fsp3) is 0.0952. The van der Waals surface area contributed by atoms with E-state index in [0.717, 1.165) is 22.5 Å². The van der Waals surface area contributed by atoms with E-state index in [1.165, 1.54) is 0 Å². The molecule has 1 aliphatic heterocycles. The molecule has 2 aromatic heterocycles. The van der Waals surface area contributed by atoms with Crippen LogP contribution >= 0.6 is 0 Å². The normalized spacial score (nSPS) is 12.9. The molecule has 1 N–H and O–H groups in total. The molecule has 0 saturated carbocycles. The van der Waals surface area contributed by atoms with Crippen molar-refractivity contribution in [3.8, 4) is 11.5 Å². The van der Waals surface area contributed by atoms with Crippen molar-refractivity contribution in [1.82, 2.24) is 14.6 Å². The van der Waals surface area contributed by atoms with Gasteiger partial charge in [-0.15, -0.1) is 0 Å². The number of hydrogen-bond donors (Lipinski definition) is 1. The van der Waals surface area contributed by atoms with Crippen LogP contribution in [0, 0.1) is 6.92 Å². The summed E-state index contributed by atoms with van der Waals surface area (Å²) < 4.78 is 7.63. The number of hydrogen-bond acceptors (Lipinski definition) is 4. The molecule has 1 amide bonds. The van der Waals surface area contributed by atoms with Crippen molar-refractivity contribution in [2.24, 2.45) is 0 Å². The molecular formula is C21H16N4O2. The minimum absolute atomic E-state index is 0.136.